The molecule has 1 aromatic carbocycles. The van der Waals surface area contributed by atoms with Crippen LogP contribution < -0.4 is 10.6 Å². The molecule has 0 radical (unpaired) electrons. The van der Waals surface area contributed by atoms with E-state index in [1.165, 1.54) is 0 Å². The summed E-state index contributed by atoms with van der Waals surface area (Å²) in [6.07, 6.45) is 7.47. The number of hydrogen-bond donors (Lipinski definition) is 2. The molecule has 1 amide bonds. The molecule has 0 aliphatic carbocycles. The standard InChI is InChI=1S/C16H20N2O/c1-2-3-11-18-15(19)16(9-12-17-13-10-16)14-7-5-4-6-8-14/h1,4-8,17H,3,9-13H2,(H,18,19). The van der Waals surface area contributed by atoms with Gasteiger partial charge >= 0.3 is 0 Å². The van der Waals surface area contributed by atoms with Gasteiger partial charge < -0.3 is 10.6 Å². The van der Waals surface area contributed by atoms with Gasteiger partial charge in [0.1, 0.15) is 0 Å². The van der Waals surface area contributed by atoms with Gasteiger partial charge in [0, 0.05) is 13.0 Å². The Morgan fingerprint density at radius 3 is 2.63 bits per heavy atom. The van der Waals surface area contributed by atoms with Gasteiger partial charge in [0.25, 0.3) is 0 Å². The number of benzene rings is 1. The van der Waals surface area contributed by atoms with Gasteiger partial charge in [-0.05, 0) is 31.5 Å². The largest absolute Gasteiger partial charge is 0.354 e. The quantitative estimate of drug-likeness (QED) is 0.632. The van der Waals surface area contributed by atoms with Crippen molar-refractivity contribution in [3.05, 3.63) is 35.9 Å². The highest BCUT2D eigenvalue weighted by atomic mass is 16.2. The Bertz CT molecular complexity index is 455. The summed E-state index contributed by atoms with van der Waals surface area (Å²) >= 11 is 0. The topological polar surface area (TPSA) is 41.1 Å². The van der Waals surface area contributed by atoms with Gasteiger partial charge in [0.05, 0.1) is 5.41 Å². The Balaban J connectivity index is 2.20. The van der Waals surface area contributed by atoms with Gasteiger partial charge in [-0.2, -0.15) is 0 Å². The third-order valence-electron chi connectivity index (χ3n) is 3.77. The Morgan fingerprint density at radius 2 is 2.00 bits per heavy atom. The first kappa shape index (κ1) is 13.6. The SMILES string of the molecule is C#CCCNC(=O)C1(c2ccccc2)CCNCC1. The lowest BCUT2D eigenvalue weighted by atomic mass is 9.72. The van der Waals surface area contributed by atoms with E-state index in [9.17, 15) is 4.79 Å². The molecule has 1 aliphatic heterocycles. The fourth-order valence-corrected chi connectivity index (χ4v) is 2.67. The molecular formula is C16H20N2O. The molecule has 1 fully saturated rings. The van der Waals surface area contributed by atoms with Crippen LogP contribution in [0, 0.1) is 12.3 Å². The summed E-state index contributed by atoms with van der Waals surface area (Å²) in [6.45, 7) is 2.30. The molecule has 0 spiro atoms. The van der Waals surface area contributed by atoms with Crippen molar-refractivity contribution in [2.45, 2.75) is 24.7 Å². The molecule has 1 saturated heterocycles. The van der Waals surface area contributed by atoms with Crippen molar-refractivity contribution in [2.24, 2.45) is 0 Å². The molecule has 3 heteroatoms. The van der Waals surface area contributed by atoms with Crippen LogP contribution in [-0.4, -0.2) is 25.5 Å². The first-order valence-corrected chi connectivity index (χ1v) is 6.77. The molecule has 2 rings (SSSR count). The summed E-state index contributed by atoms with van der Waals surface area (Å²) in [7, 11) is 0. The first-order valence-electron chi connectivity index (χ1n) is 6.77. The van der Waals surface area contributed by atoms with E-state index in [4.69, 9.17) is 6.42 Å². The lowest BCUT2D eigenvalue weighted by Crippen LogP contribution is -2.50. The van der Waals surface area contributed by atoms with Gasteiger partial charge in [0.15, 0.2) is 0 Å². The number of amides is 1. The number of hydrogen-bond acceptors (Lipinski definition) is 2. The van der Waals surface area contributed by atoms with Crippen LogP contribution in [-0.2, 0) is 10.2 Å². The maximum atomic E-state index is 12.6. The highest BCUT2D eigenvalue weighted by molar-refractivity contribution is 5.88. The zero-order chi connectivity index (χ0) is 13.6. The molecule has 0 saturated carbocycles. The van der Waals surface area contributed by atoms with E-state index in [1.807, 2.05) is 30.3 Å². The minimum atomic E-state index is -0.402. The normalized spacial score (nSPS) is 17.4. The number of carbonyl (C=O) groups is 1. The second kappa shape index (κ2) is 6.40. The number of piperidine rings is 1. The molecule has 0 aromatic heterocycles. The smallest absolute Gasteiger partial charge is 0.230 e. The second-order valence-electron chi connectivity index (χ2n) is 4.91. The van der Waals surface area contributed by atoms with Crippen LogP contribution in [0.25, 0.3) is 0 Å². The van der Waals surface area contributed by atoms with Crippen molar-refractivity contribution < 1.29 is 4.79 Å². The number of rotatable bonds is 4. The predicted octanol–water partition coefficient (Wildman–Crippen LogP) is 1.45. The van der Waals surface area contributed by atoms with E-state index in [0.717, 1.165) is 31.5 Å². The Kier molecular flexibility index (Phi) is 4.59. The minimum Gasteiger partial charge on any atom is -0.354 e. The van der Waals surface area contributed by atoms with Crippen molar-refractivity contribution in [3.8, 4) is 12.3 Å². The number of nitrogens with one attached hydrogen (secondary N) is 2. The zero-order valence-corrected chi connectivity index (χ0v) is 11.1. The maximum absolute atomic E-state index is 12.6. The maximum Gasteiger partial charge on any atom is 0.230 e. The minimum absolute atomic E-state index is 0.107. The van der Waals surface area contributed by atoms with Crippen LogP contribution in [0.5, 0.6) is 0 Å². The molecule has 19 heavy (non-hydrogen) atoms. The Hall–Kier alpha value is -1.79. The predicted molar refractivity (Wildman–Crippen MR) is 76.7 cm³/mol. The van der Waals surface area contributed by atoms with Gasteiger partial charge in [0.2, 0.25) is 5.91 Å². The average Bonchev–Trinajstić information content (AvgIpc) is 2.49. The van der Waals surface area contributed by atoms with Crippen LogP contribution in [0.1, 0.15) is 24.8 Å². The molecule has 0 atom stereocenters. The Labute approximate surface area is 114 Å². The highest BCUT2D eigenvalue weighted by Gasteiger charge is 2.40. The molecule has 1 aliphatic rings. The van der Waals surface area contributed by atoms with Crippen molar-refractivity contribution in [1.29, 1.82) is 0 Å². The van der Waals surface area contributed by atoms with E-state index < -0.39 is 5.41 Å². The van der Waals surface area contributed by atoms with E-state index in [1.54, 1.807) is 0 Å². The molecular weight excluding hydrogens is 236 g/mol. The van der Waals surface area contributed by atoms with Crippen LogP contribution >= 0.6 is 0 Å². The third kappa shape index (κ3) is 2.97. The lowest BCUT2D eigenvalue weighted by molar-refractivity contribution is -0.127. The molecule has 2 N–H and O–H groups in total. The van der Waals surface area contributed by atoms with Crippen molar-refractivity contribution in [3.63, 3.8) is 0 Å². The fraction of sp³-hybridized carbons (Fsp3) is 0.438. The van der Waals surface area contributed by atoms with Crippen LogP contribution in [0.2, 0.25) is 0 Å². The molecule has 0 bridgehead atoms. The second-order valence-corrected chi connectivity index (χ2v) is 4.91. The number of terminal acetylenes is 1. The summed E-state index contributed by atoms with van der Waals surface area (Å²) in [6, 6.07) is 10.1. The summed E-state index contributed by atoms with van der Waals surface area (Å²) in [5, 5.41) is 6.30. The fourth-order valence-electron chi connectivity index (χ4n) is 2.67. The molecule has 1 heterocycles. The van der Waals surface area contributed by atoms with E-state index >= 15 is 0 Å². The van der Waals surface area contributed by atoms with Gasteiger partial charge in [-0.3, -0.25) is 4.79 Å². The zero-order valence-electron chi connectivity index (χ0n) is 11.1. The lowest BCUT2D eigenvalue weighted by Gasteiger charge is -2.36. The van der Waals surface area contributed by atoms with Crippen molar-refractivity contribution in [1.82, 2.24) is 10.6 Å². The molecule has 3 nitrogen and oxygen atoms in total. The number of carbonyl (C=O) groups excluding carboxylic acids is 1. The van der Waals surface area contributed by atoms with Crippen LogP contribution in [0.15, 0.2) is 30.3 Å². The monoisotopic (exact) mass is 256 g/mol. The van der Waals surface area contributed by atoms with Crippen LogP contribution in [0.4, 0.5) is 0 Å². The Morgan fingerprint density at radius 1 is 1.32 bits per heavy atom. The summed E-state index contributed by atoms with van der Waals surface area (Å²) < 4.78 is 0. The summed E-state index contributed by atoms with van der Waals surface area (Å²) in [5.74, 6) is 2.66. The molecule has 1 aromatic rings. The van der Waals surface area contributed by atoms with E-state index in [-0.39, 0.29) is 5.91 Å². The summed E-state index contributed by atoms with van der Waals surface area (Å²) in [5.41, 5.74) is 0.705. The van der Waals surface area contributed by atoms with Crippen molar-refractivity contribution >= 4 is 5.91 Å². The van der Waals surface area contributed by atoms with Gasteiger partial charge in [-0.1, -0.05) is 30.3 Å². The van der Waals surface area contributed by atoms with Gasteiger partial charge in [-0.15, -0.1) is 12.3 Å². The third-order valence-corrected chi connectivity index (χ3v) is 3.77. The van der Waals surface area contributed by atoms with E-state index in [0.29, 0.717) is 13.0 Å². The first-order chi connectivity index (χ1) is 9.29. The highest BCUT2D eigenvalue weighted by Crippen LogP contribution is 2.33. The van der Waals surface area contributed by atoms with Crippen molar-refractivity contribution in [2.75, 3.05) is 19.6 Å². The van der Waals surface area contributed by atoms with Gasteiger partial charge in [-0.25, -0.2) is 0 Å². The molecule has 0 unspecified atom stereocenters. The molecule has 100 valence electrons. The van der Waals surface area contributed by atoms with Crippen LogP contribution in [0.3, 0.4) is 0 Å². The average molecular weight is 256 g/mol. The van der Waals surface area contributed by atoms with E-state index in [2.05, 4.69) is 16.6 Å². The summed E-state index contributed by atoms with van der Waals surface area (Å²) in [4.78, 5) is 12.6.